The van der Waals surface area contributed by atoms with Crippen molar-refractivity contribution in [2.24, 2.45) is 5.92 Å². The van der Waals surface area contributed by atoms with E-state index in [1.165, 1.54) is 31.4 Å². The van der Waals surface area contributed by atoms with Gasteiger partial charge in [0.05, 0.1) is 0 Å². The monoisotopic (exact) mass is 177 g/mol. The second-order valence-electron chi connectivity index (χ2n) is 4.21. The highest BCUT2D eigenvalue weighted by molar-refractivity contribution is 5.35. The first-order valence-electron chi connectivity index (χ1n) is 5.49. The molecule has 0 saturated carbocycles. The van der Waals surface area contributed by atoms with Crippen molar-refractivity contribution in [3.63, 3.8) is 0 Å². The molecule has 0 fully saturated rings. The zero-order valence-corrected chi connectivity index (χ0v) is 8.64. The summed E-state index contributed by atoms with van der Waals surface area (Å²) in [5.74, 6) is 0.810. The highest BCUT2D eigenvalue weighted by atomic mass is 15.0. The first-order chi connectivity index (χ1) is 6.33. The molecule has 2 rings (SSSR count). The lowest BCUT2D eigenvalue weighted by Gasteiger charge is -2.18. The third-order valence-electron chi connectivity index (χ3n) is 3.24. The molecule has 0 radical (unpaired) electrons. The molecule has 0 aromatic heterocycles. The Balaban J connectivity index is 2.17. The minimum atomic E-state index is 0.660. The van der Waals surface area contributed by atoms with Crippen molar-refractivity contribution in [2.45, 2.75) is 45.6 Å². The molecule has 1 N–H and O–H groups in total. The fraction of sp³-hybridized carbons (Fsp3) is 0.667. The van der Waals surface area contributed by atoms with Crippen molar-refractivity contribution < 1.29 is 0 Å². The van der Waals surface area contributed by atoms with Crippen molar-refractivity contribution in [3.8, 4) is 0 Å². The zero-order valence-electron chi connectivity index (χ0n) is 8.64. The largest absolute Gasteiger partial charge is 0.382 e. The SMILES string of the molecule is CCCC1C2=C(C=CCC2)NC1C. The second kappa shape index (κ2) is 3.57. The maximum Gasteiger partial charge on any atom is 0.0334 e. The Labute approximate surface area is 80.9 Å². The topological polar surface area (TPSA) is 12.0 Å². The highest BCUT2D eigenvalue weighted by Crippen LogP contribution is 2.35. The summed E-state index contributed by atoms with van der Waals surface area (Å²) in [5.41, 5.74) is 3.12. The zero-order chi connectivity index (χ0) is 9.26. The summed E-state index contributed by atoms with van der Waals surface area (Å²) in [7, 11) is 0. The van der Waals surface area contributed by atoms with Crippen LogP contribution in [-0.4, -0.2) is 6.04 Å². The maximum atomic E-state index is 3.58. The molecule has 1 heteroatoms. The molecular formula is C12H19N. The lowest BCUT2D eigenvalue weighted by molar-refractivity contribution is 0.456. The summed E-state index contributed by atoms with van der Waals surface area (Å²) >= 11 is 0. The van der Waals surface area contributed by atoms with Gasteiger partial charge in [-0.25, -0.2) is 0 Å². The van der Waals surface area contributed by atoms with E-state index in [-0.39, 0.29) is 0 Å². The quantitative estimate of drug-likeness (QED) is 0.683. The van der Waals surface area contributed by atoms with Gasteiger partial charge in [0.15, 0.2) is 0 Å². The molecule has 13 heavy (non-hydrogen) atoms. The van der Waals surface area contributed by atoms with Crippen LogP contribution in [0.15, 0.2) is 23.4 Å². The van der Waals surface area contributed by atoms with Crippen LogP contribution in [0.1, 0.15) is 39.5 Å². The Hall–Kier alpha value is -0.720. The molecule has 0 aromatic carbocycles. The average molecular weight is 177 g/mol. The van der Waals surface area contributed by atoms with Crippen LogP contribution >= 0.6 is 0 Å². The van der Waals surface area contributed by atoms with Crippen LogP contribution in [0, 0.1) is 5.92 Å². The van der Waals surface area contributed by atoms with Gasteiger partial charge in [0.1, 0.15) is 0 Å². The maximum absolute atomic E-state index is 3.58. The Morgan fingerprint density at radius 3 is 3.15 bits per heavy atom. The lowest BCUT2D eigenvalue weighted by atomic mass is 9.87. The van der Waals surface area contributed by atoms with E-state index in [0.29, 0.717) is 6.04 Å². The van der Waals surface area contributed by atoms with E-state index in [4.69, 9.17) is 0 Å². The smallest absolute Gasteiger partial charge is 0.0334 e. The van der Waals surface area contributed by atoms with E-state index in [1.54, 1.807) is 5.57 Å². The van der Waals surface area contributed by atoms with Gasteiger partial charge in [-0.2, -0.15) is 0 Å². The van der Waals surface area contributed by atoms with Crippen LogP contribution in [0.25, 0.3) is 0 Å². The summed E-state index contributed by atoms with van der Waals surface area (Å²) in [4.78, 5) is 0. The van der Waals surface area contributed by atoms with Crippen molar-refractivity contribution in [3.05, 3.63) is 23.4 Å². The second-order valence-corrected chi connectivity index (χ2v) is 4.21. The number of nitrogens with one attached hydrogen (secondary N) is 1. The molecule has 2 atom stereocenters. The Bertz CT molecular complexity index is 250. The summed E-state index contributed by atoms with van der Waals surface area (Å²) in [6, 6.07) is 0.660. The van der Waals surface area contributed by atoms with E-state index >= 15 is 0 Å². The van der Waals surface area contributed by atoms with Gasteiger partial charge in [0.2, 0.25) is 0 Å². The Morgan fingerprint density at radius 2 is 2.38 bits per heavy atom. The molecular weight excluding hydrogens is 158 g/mol. The molecule has 2 unspecified atom stereocenters. The molecule has 0 saturated heterocycles. The number of allylic oxidation sites excluding steroid dienone is 2. The van der Waals surface area contributed by atoms with Crippen molar-refractivity contribution in [1.82, 2.24) is 5.32 Å². The predicted octanol–water partition coefficient (Wildman–Crippen LogP) is 3.00. The van der Waals surface area contributed by atoms with Gasteiger partial charge in [-0.15, -0.1) is 0 Å². The molecule has 0 amide bonds. The van der Waals surface area contributed by atoms with Gasteiger partial charge < -0.3 is 5.32 Å². The molecule has 72 valence electrons. The standard InChI is InChI=1S/C12H19N/c1-3-6-10-9(2)13-12-8-5-4-7-11(10)12/h5,8-10,13H,3-4,6-7H2,1-2H3. The number of hydrogen-bond donors (Lipinski definition) is 1. The van der Waals surface area contributed by atoms with Gasteiger partial charge in [-0.3, -0.25) is 0 Å². The van der Waals surface area contributed by atoms with Crippen LogP contribution in [0.5, 0.6) is 0 Å². The molecule has 2 aliphatic rings. The first-order valence-corrected chi connectivity index (χ1v) is 5.49. The van der Waals surface area contributed by atoms with Gasteiger partial charge in [0.25, 0.3) is 0 Å². The van der Waals surface area contributed by atoms with E-state index < -0.39 is 0 Å². The summed E-state index contributed by atoms with van der Waals surface area (Å²) in [6.07, 6.45) is 9.73. The van der Waals surface area contributed by atoms with E-state index in [1.807, 2.05) is 0 Å². The molecule has 1 aliphatic heterocycles. The minimum Gasteiger partial charge on any atom is -0.382 e. The molecule has 1 aliphatic carbocycles. The molecule has 1 heterocycles. The van der Waals surface area contributed by atoms with Crippen LogP contribution in [-0.2, 0) is 0 Å². The third-order valence-corrected chi connectivity index (χ3v) is 3.24. The summed E-state index contributed by atoms with van der Waals surface area (Å²) in [6.45, 7) is 4.59. The van der Waals surface area contributed by atoms with Crippen LogP contribution in [0.4, 0.5) is 0 Å². The Kier molecular flexibility index (Phi) is 2.43. The lowest BCUT2D eigenvalue weighted by Crippen LogP contribution is -2.24. The predicted molar refractivity (Wildman–Crippen MR) is 56.4 cm³/mol. The fourth-order valence-corrected chi connectivity index (χ4v) is 2.59. The third kappa shape index (κ3) is 1.52. The normalized spacial score (nSPS) is 31.8. The van der Waals surface area contributed by atoms with Gasteiger partial charge >= 0.3 is 0 Å². The first kappa shape index (κ1) is 8.86. The summed E-state index contributed by atoms with van der Waals surface area (Å²) < 4.78 is 0. The number of rotatable bonds is 2. The van der Waals surface area contributed by atoms with E-state index in [9.17, 15) is 0 Å². The van der Waals surface area contributed by atoms with E-state index in [2.05, 4.69) is 31.3 Å². The highest BCUT2D eigenvalue weighted by Gasteiger charge is 2.29. The van der Waals surface area contributed by atoms with Crippen LogP contribution in [0.2, 0.25) is 0 Å². The van der Waals surface area contributed by atoms with Crippen molar-refractivity contribution >= 4 is 0 Å². The van der Waals surface area contributed by atoms with Gasteiger partial charge in [-0.1, -0.05) is 19.4 Å². The van der Waals surface area contributed by atoms with Gasteiger partial charge in [0, 0.05) is 17.7 Å². The number of hydrogen-bond acceptors (Lipinski definition) is 1. The Morgan fingerprint density at radius 1 is 1.54 bits per heavy atom. The minimum absolute atomic E-state index is 0.660. The van der Waals surface area contributed by atoms with Crippen LogP contribution in [0.3, 0.4) is 0 Å². The van der Waals surface area contributed by atoms with E-state index in [0.717, 1.165) is 5.92 Å². The molecule has 0 bridgehead atoms. The molecule has 1 nitrogen and oxygen atoms in total. The average Bonchev–Trinajstić information content (AvgIpc) is 2.44. The van der Waals surface area contributed by atoms with Crippen molar-refractivity contribution in [2.75, 3.05) is 0 Å². The summed E-state index contributed by atoms with van der Waals surface area (Å²) in [5, 5.41) is 3.58. The molecule has 0 spiro atoms. The van der Waals surface area contributed by atoms with Crippen molar-refractivity contribution in [1.29, 1.82) is 0 Å². The van der Waals surface area contributed by atoms with Gasteiger partial charge in [-0.05, 0) is 37.8 Å². The fourth-order valence-electron chi connectivity index (χ4n) is 2.59. The molecule has 0 aromatic rings. The van der Waals surface area contributed by atoms with Crippen LogP contribution < -0.4 is 5.32 Å².